The zero-order valence-electron chi connectivity index (χ0n) is 9.65. The van der Waals surface area contributed by atoms with Crippen molar-refractivity contribution in [3.63, 3.8) is 0 Å². The highest BCUT2D eigenvalue weighted by Crippen LogP contribution is 2.20. The van der Waals surface area contributed by atoms with Gasteiger partial charge in [-0.2, -0.15) is 5.10 Å². The molecule has 0 saturated heterocycles. The fourth-order valence-corrected chi connectivity index (χ4v) is 2.96. The van der Waals surface area contributed by atoms with E-state index in [2.05, 4.69) is 9.82 Å². The number of hydrogen-bond acceptors (Lipinski definition) is 4. The summed E-state index contributed by atoms with van der Waals surface area (Å²) >= 11 is 0. The van der Waals surface area contributed by atoms with Crippen molar-refractivity contribution in [2.45, 2.75) is 17.4 Å². The van der Waals surface area contributed by atoms with Crippen molar-refractivity contribution in [1.29, 1.82) is 0 Å². The van der Waals surface area contributed by atoms with Crippen LogP contribution in [0.5, 0.6) is 0 Å². The molecule has 2 rings (SSSR count). The van der Waals surface area contributed by atoms with E-state index in [1.54, 1.807) is 13.1 Å². The van der Waals surface area contributed by atoms with Crippen LogP contribution in [0.1, 0.15) is 6.42 Å². The van der Waals surface area contributed by atoms with Crippen molar-refractivity contribution >= 4 is 16.0 Å². The number of hydrogen-bond donors (Lipinski definition) is 2. The number of carboxylic acid groups (broad SMARTS) is 1. The molecule has 1 aliphatic rings. The van der Waals surface area contributed by atoms with Gasteiger partial charge in [0, 0.05) is 19.3 Å². The highest BCUT2D eigenvalue weighted by molar-refractivity contribution is 7.89. The Morgan fingerprint density at radius 2 is 2.28 bits per heavy atom. The first-order valence-electron chi connectivity index (χ1n) is 5.30. The summed E-state index contributed by atoms with van der Waals surface area (Å²) in [6.45, 7) is 0. The molecule has 1 heterocycles. The molecule has 2 N–H and O–H groups in total. The first-order chi connectivity index (χ1) is 8.38. The Morgan fingerprint density at radius 1 is 1.56 bits per heavy atom. The predicted octanol–water partition coefficient (Wildman–Crippen LogP) is -0.272. The molecule has 1 aromatic heterocycles. The highest BCUT2D eigenvalue weighted by atomic mass is 32.2. The summed E-state index contributed by atoms with van der Waals surface area (Å²) in [5, 5.41) is 12.6. The number of aryl methyl sites for hydroxylation is 1. The van der Waals surface area contributed by atoms with E-state index >= 15 is 0 Å². The van der Waals surface area contributed by atoms with E-state index in [0.29, 0.717) is 0 Å². The summed E-state index contributed by atoms with van der Waals surface area (Å²) in [4.78, 5) is 10.8. The Morgan fingerprint density at radius 3 is 2.78 bits per heavy atom. The lowest BCUT2D eigenvalue weighted by Crippen LogP contribution is -2.33. The van der Waals surface area contributed by atoms with E-state index in [1.165, 1.54) is 23.2 Å². The van der Waals surface area contributed by atoms with Gasteiger partial charge in [-0.25, -0.2) is 13.1 Å². The SMILES string of the molecule is Cn1cc(S(=O)(=O)NC2C=CC(C(=O)O)C2)cn1. The van der Waals surface area contributed by atoms with Gasteiger partial charge in [0.05, 0.1) is 12.1 Å². The molecule has 18 heavy (non-hydrogen) atoms. The van der Waals surface area contributed by atoms with Crippen molar-refractivity contribution < 1.29 is 18.3 Å². The largest absolute Gasteiger partial charge is 0.481 e. The lowest BCUT2D eigenvalue weighted by atomic mass is 10.1. The normalized spacial score (nSPS) is 23.4. The fourth-order valence-electron chi connectivity index (χ4n) is 1.77. The van der Waals surface area contributed by atoms with Crippen LogP contribution < -0.4 is 4.72 Å². The van der Waals surface area contributed by atoms with Crippen molar-refractivity contribution in [1.82, 2.24) is 14.5 Å². The lowest BCUT2D eigenvalue weighted by molar-refractivity contribution is -0.140. The maximum atomic E-state index is 11.9. The summed E-state index contributed by atoms with van der Waals surface area (Å²) in [6.07, 6.45) is 5.92. The van der Waals surface area contributed by atoms with E-state index < -0.39 is 28.0 Å². The van der Waals surface area contributed by atoms with Crippen molar-refractivity contribution in [3.05, 3.63) is 24.5 Å². The van der Waals surface area contributed by atoms with Gasteiger partial charge in [0.2, 0.25) is 10.0 Å². The van der Waals surface area contributed by atoms with Crippen LogP contribution in [0.2, 0.25) is 0 Å². The second-order valence-corrected chi connectivity index (χ2v) is 5.86. The standard InChI is InChI=1S/C10H13N3O4S/c1-13-6-9(5-11-13)18(16,17)12-8-3-2-7(4-8)10(14)15/h2-3,5-8,12H,4H2,1H3,(H,14,15). The molecule has 1 aromatic rings. The maximum absolute atomic E-state index is 11.9. The number of rotatable bonds is 4. The van der Waals surface area contributed by atoms with Crippen LogP contribution >= 0.6 is 0 Å². The van der Waals surface area contributed by atoms with Crippen LogP contribution in [0.15, 0.2) is 29.4 Å². The molecule has 2 atom stereocenters. The summed E-state index contributed by atoms with van der Waals surface area (Å²) in [7, 11) is -2.03. The van der Waals surface area contributed by atoms with Gasteiger partial charge in [0.25, 0.3) is 0 Å². The number of aromatic nitrogens is 2. The van der Waals surface area contributed by atoms with Crippen molar-refractivity contribution in [2.24, 2.45) is 13.0 Å². The smallest absolute Gasteiger partial charge is 0.310 e. The van der Waals surface area contributed by atoms with Gasteiger partial charge in [-0.05, 0) is 6.42 Å². The predicted molar refractivity (Wildman–Crippen MR) is 62.2 cm³/mol. The Labute approximate surface area is 104 Å². The van der Waals surface area contributed by atoms with E-state index in [0.717, 1.165) is 0 Å². The van der Waals surface area contributed by atoms with E-state index in [4.69, 9.17) is 5.11 Å². The van der Waals surface area contributed by atoms with Crippen LogP contribution in [0.3, 0.4) is 0 Å². The van der Waals surface area contributed by atoms with Gasteiger partial charge >= 0.3 is 5.97 Å². The Balaban J connectivity index is 2.07. The molecule has 0 spiro atoms. The quantitative estimate of drug-likeness (QED) is 0.734. The number of carboxylic acids is 1. The molecule has 98 valence electrons. The number of nitrogens with one attached hydrogen (secondary N) is 1. The molecule has 0 fully saturated rings. The van der Waals surface area contributed by atoms with Gasteiger partial charge < -0.3 is 5.11 Å². The van der Waals surface area contributed by atoms with Crippen LogP contribution in [-0.2, 0) is 21.9 Å². The van der Waals surface area contributed by atoms with Crippen LogP contribution in [0.25, 0.3) is 0 Å². The number of sulfonamides is 1. The fraction of sp³-hybridized carbons (Fsp3) is 0.400. The lowest BCUT2D eigenvalue weighted by Gasteiger charge is -2.11. The van der Waals surface area contributed by atoms with E-state index in [1.807, 2.05) is 0 Å². The first-order valence-corrected chi connectivity index (χ1v) is 6.79. The average Bonchev–Trinajstić information content (AvgIpc) is 2.86. The first kappa shape index (κ1) is 12.8. The number of aliphatic carboxylic acids is 1. The van der Waals surface area contributed by atoms with Gasteiger partial charge in [-0.15, -0.1) is 0 Å². The second-order valence-electron chi connectivity index (χ2n) is 4.14. The van der Waals surface area contributed by atoms with Crippen molar-refractivity contribution in [2.75, 3.05) is 0 Å². The Hall–Kier alpha value is -1.67. The Bertz CT molecular complexity index is 590. The topological polar surface area (TPSA) is 101 Å². The molecular formula is C10H13N3O4S. The van der Waals surface area contributed by atoms with Crippen LogP contribution in [0, 0.1) is 5.92 Å². The zero-order chi connectivity index (χ0) is 13.3. The Kier molecular flexibility index (Phi) is 3.22. The molecule has 0 saturated carbocycles. The molecule has 0 radical (unpaired) electrons. The second kappa shape index (κ2) is 4.54. The molecule has 0 bridgehead atoms. The third-order valence-electron chi connectivity index (χ3n) is 2.70. The van der Waals surface area contributed by atoms with Gasteiger partial charge in [-0.1, -0.05) is 12.2 Å². The summed E-state index contributed by atoms with van der Waals surface area (Å²) in [5.41, 5.74) is 0. The molecule has 2 unspecified atom stereocenters. The van der Waals surface area contributed by atoms with Gasteiger partial charge in [0.15, 0.2) is 0 Å². The highest BCUT2D eigenvalue weighted by Gasteiger charge is 2.28. The average molecular weight is 271 g/mol. The third kappa shape index (κ3) is 2.59. The minimum Gasteiger partial charge on any atom is -0.481 e. The molecule has 0 amide bonds. The van der Waals surface area contributed by atoms with Gasteiger partial charge in [0.1, 0.15) is 4.90 Å². The number of nitrogens with zero attached hydrogens (tertiary/aromatic N) is 2. The molecule has 0 aromatic carbocycles. The van der Waals surface area contributed by atoms with Crippen LogP contribution in [-0.4, -0.2) is 35.3 Å². The maximum Gasteiger partial charge on any atom is 0.310 e. The molecule has 0 aliphatic heterocycles. The van der Waals surface area contributed by atoms with Crippen LogP contribution in [0.4, 0.5) is 0 Å². The summed E-state index contributed by atoms with van der Waals surface area (Å²) in [5.74, 6) is -1.58. The zero-order valence-corrected chi connectivity index (χ0v) is 10.5. The molecule has 1 aliphatic carbocycles. The summed E-state index contributed by atoms with van der Waals surface area (Å²) in [6, 6.07) is -0.490. The summed E-state index contributed by atoms with van der Waals surface area (Å²) < 4.78 is 27.7. The van der Waals surface area contributed by atoms with E-state index in [-0.39, 0.29) is 11.3 Å². The monoisotopic (exact) mass is 271 g/mol. The van der Waals surface area contributed by atoms with E-state index in [9.17, 15) is 13.2 Å². The van der Waals surface area contributed by atoms with Crippen molar-refractivity contribution in [3.8, 4) is 0 Å². The minimum atomic E-state index is -3.65. The molecular weight excluding hydrogens is 258 g/mol. The third-order valence-corrected chi connectivity index (χ3v) is 4.14. The van der Waals surface area contributed by atoms with Gasteiger partial charge in [-0.3, -0.25) is 9.48 Å². The number of carbonyl (C=O) groups is 1. The molecule has 7 nitrogen and oxygen atoms in total. The molecule has 8 heteroatoms. The minimum absolute atomic E-state index is 0.0668.